The van der Waals surface area contributed by atoms with Crippen LogP contribution in [-0.2, 0) is 0 Å². The fraction of sp³-hybridized carbons (Fsp3) is 0.667. The molecule has 1 heterocycles. The van der Waals surface area contributed by atoms with Crippen LogP contribution in [0.5, 0.6) is 0 Å². The number of allylic oxidation sites excluding steroid dienone is 1. The van der Waals surface area contributed by atoms with Crippen LogP contribution >= 0.6 is 0 Å². The van der Waals surface area contributed by atoms with Gasteiger partial charge in [-0.3, -0.25) is 4.99 Å². The predicted molar refractivity (Wildman–Crippen MR) is 48.7 cm³/mol. The molecule has 1 aliphatic rings. The normalized spacial score (nSPS) is 26.1. The number of amidine groups is 1. The van der Waals surface area contributed by atoms with E-state index in [0.29, 0.717) is 0 Å². The van der Waals surface area contributed by atoms with Crippen molar-refractivity contribution in [2.45, 2.75) is 33.2 Å². The van der Waals surface area contributed by atoms with Crippen molar-refractivity contribution in [3.63, 3.8) is 0 Å². The Balaban J connectivity index is 3.05. The van der Waals surface area contributed by atoms with Crippen molar-refractivity contribution in [1.82, 2.24) is 4.90 Å². The Morgan fingerprint density at radius 2 is 2.00 bits per heavy atom. The first-order valence-corrected chi connectivity index (χ1v) is 3.96. The maximum atomic E-state index is 4.53. The number of likely N-dealkylation sites (N-methyl/N-ethyl adjacent to an activating group) is 1. The SMILES string of the molecule is C/C=C1/N(C)C(C)=NC1(C)C. The van der Waals surface area contributed by atoms with Crippen LogP contribution in [0.15, 0.2) is 16.8 Å². The first-order chi connectivity index (χ1) is 4.99. The third-order valence-electron chi connectivity index (χ3n) is 2.19. The van der Waals surface area contributed by atoms with E-state index in [1.807, 2.05) is 6.92 Å². The molecule has 1 aliphatic heterocycles. The van der Waals surface area contributed by atoms with Gasteiger partial charge < -0.3 is 4.90 Å². The lowest BCUT2D eigenvalue weighted by Crippen LogP contribution is -2.25. The average molecular weight is 152 g/mol. The zero-order valence-electron chi connectivity index (χ0n) is 7.97. The lowest BCUT2D eigenvalue weighted by atomic mass is 10.0. The number of hydrogen-bond donors (Lipinski definition) is 0. The van der Waals surface area contributed by atoms with Gasteiger partial charge in [-0.05, 0) is 27.7 Å². The van der Waals surface area contributed by atoms with E-state index >= 15 is 0 Å². The van der Waals surface area contributed by atoms with Crippen molar-refractivity contribution in [2.24, 2.45) is 4.99 Å². The van der Waals surface area contributed by atoms with Gasteiger partial charge in [0.15, 0.2) is 0 Å². The summed E-state index contributed by atoms with van der Waals surface area (Å²) in [6.07, 6.45) is 2.12. The largest absolute Gasteiger partial charge is 0.335 e. The Labute approximate surface area is 68.6 Å². The summed E-state index contributed by atoms with van der Waals surface area (Å²) < 4.78 is 0. The van der Waals surface area contributed by atoms with Crippen LogP contribution in [-0.4, -0.2) is 23.3 Å². The van der Waals surface area contributed by atoms with E-state index in [-0.39, 0.29) is 5.54 Å². The fourth-order valence-corrected chi connectivity index (χ4v) is 1.67. The molecular weight excluding hydrogens is 136 g/mol. The van der Waals surface area contributed by atoms with E-state index in [1.165, 1.54) is 5.70 Å². The minimum Gasteiger partial charge on any atom is -0.335 e. The molecule has 0 aromatic carbocycles. The second-order valence-corrected chi connectivity index (χ2v) is 3.45. The summed E-state index contributed by atoms with van der Waals surface area (Å²) in [6.45, 7) is 8.37. The van der Waals surface area contributed by atoms with Gasteiger partial charge in [0.1, 0.15) is 5.84 Å². The molecule has 0 atom stereocenters. The molecule has 0 aromatic heterocycles. The maximum Gasteiger partial charge on any atom is 0.101 e. The molecule has 0 bridgehead atoms. The molecule has 11 heavy (non-hydrogen) atoms. The quantitative estimate of drug-likeness (QED) is 0.518. The minimum absolute atomic E-state index is 0.0203. The summed E-state index contributed by atoms with van der Waals surface area (Å²) >= 11 is 0. The highest BCUT2D eigenvalue weighted by Crippen LogP contribution is 2.29. The second kappa shape index (κ2) is 2.36. The molecule has 0 radical (unpaired) electrons. The van der Waals surface area contributed by atoms with Gasteiger partial charge in [-0.25, -0.2) is 0 Å². The highest BCUT2D eigenvalue weighted by Gasteiger charge is 2.31. The van der Waals surface area contributed by atoms with Crippen molar-refractivity contribution in [3.05, 3.63) is 11.8 Å². The van der Waals surface area contributed by atoms with Gasteiger partial charge in [-0.1, -0.05) is 6.08 Å². The molecule has 1 rings (SSSR count). The molecule has 62 valence electrons. The molecule has 0 fully saturated rings. The maximum absolute atomic E-state index is 4.53. The van der Waals surface area contributed by atoms with Gasteiger partial charge in [0.05, 0.1) is 5.54 Å². The topological polar surface area (TPSA) is 15.6 Å². The third-order valence-corrected chi connectivity index (χ3v) is 2.19. The molecule has 0 aliphatic carbocycles. The smallest absolute Gasteiger partial charge is 0.101 e. The van der Waals surface area contributed by atoms with Crippen molar-refractivity contribution in [3.8, 4) is 0 Å². The van der Waals surface area contributed by atoms with Gasteiger partial charge in [0, 0.05) is 12.7 Å². The van der Waals surface area contributed by atoms with Gasteiger partial charge in [-0.15, -0.1) is 0 Å². The number of rotatable bonds is 0. The Kier molecular flexibility index (Phi) is 1.78. The second-order valence-electron chi connectivity index (χ2n) is 3.45. The Morgan fingerprint density at radius 3 is 2.18 bits per heavy atom. The lowest BCUT2D eigenvalue weighted by molar-refractivity contribution is 0.524. The number of hydrogen-bond acceptors (Lipinski definition) is 2. The molecule has 0 saturated heterocycles. The molecular formula is C9H16N2. The van der Waals surface area contributed by atoms with Crippen LogP contribution in [0.4, 0.5) is 0 Å². The van der Waals surface area contributed by atoms with Crippen molar-refractivity contribution in [2.75, 3.05) is 7.05 Å². The monoisotopic (exact) mass is 152 g/mol. The van der Waals surface area contributed by atoms with Crippen molar-refractivity contribution >= 4 is 5.84 Å². The zero-order valence-corrected chi connectivity index (χ0v) is 7.97. The number of aliphatic imine (C=N–C) groups is 1. The lowest BCUT2D eigenvalue weighted by Gasteiger charge is -2.21. The molecule has 0 N–H and O–H groups in total. The van der Waals surface area contributed by atoms with Crippen LogP contribution in [0.25, 0.3) is 0 Å². The molecule has 0 aromatic rings. The van der Waals surface area contributed by atoms with Gasteiger partial charge in [0.25, 0.3) is 0 Å². The van der Waals surface area contributed by atoms with Crippen LogP contribution in [0.2, 0.25) is 0 Å². The summed E-state index contributed by atoms with van der Waals surface area (Å²) in [5.41, 5.74) is 1.27. The number of nitrogens with zero attached hydrogens (tertiary/aromatic N) is 2. The molecule has 2 heteroatoms. The molecule has 0 spiro atoms. The first kappa shape index (κ1) is 8.31. The molecule has 0 unspecified atom stereocenters. The first-order valence-electron chi connectivity index (χ1n) is 3.96. The fourth-order valence-electron chi connectivity index (χ4n) is 1.67. The summed E-state index contributed by atoms with van der Waals surface area (Å²) in [6, 6.07) is 0. The Bertz CT molecular complexity index is 224. The van der Waals surface area contributed by atoms with Crippen LogP contribution in [0.1, 0.15) is 27.7 Å². The van der Waals surface area contributed by atoms with E-state index < -0.39 is 0 Å². The Morgan fingerprint density at radius 1 is 1.45 bits per heavy atom. The van der Waals surface area contributed by atoms with Crippen LogP contribution in [0.3, 0.4) is 0 Å². The van der Waals surface area contributed by atoms with E-state index in [2.05, 4.69) is 43.8 Å². The van der Waals surface area contributed by atoms with Crippen LogP contribution in [0, 0.1) is 0 Å². The molecule has 0 amide bonds. The summed E-state index contributed by atoms with van der Waals surface area (Å²) in [7, 11) is 2.06. The summed E-state index contributed by atoms with van der Waals surface area (Å²) in [4.78, 5) is 6.67. The zero-order chi connectivity index (χ0) is 8.65. The standard InChI is InChI=1S/C9H16N2/c1-6-8-9(3,4)10-7(2)11(8)5/h6H,1-5H3/b8-6+. The van der Waals surface area contributed by atoms with E-state index in [9.17, 15) is 0 Å². The van der Waals surface area contributed by atoms with Gasteiger partial charge >= 0.3 is 0 Å². The van der Waals surface area contributed by atoms with Crippen molar-refractivity contribution in [1.29, 1.82) is 0 Å². The highest BCUT2D eigenvalue weighted by molar-refractivity contribution is 5.84. The molecule has 2 nitrogen and oxygen atoms in total. The van der Waals surface area contributed by atoms with Gasteiger partial charge in [-0.2, -0.15) is 0 Å². The van der Waals surface area contributed by atoms with Crippen LogP contribution < -0.4 is 0 Å². The third kappa shape index (κ3) is 1.17. The van der Waals surface area contributed by atoms with E-state index in [0.717, 1.165) is 5.84 Å². The van der Waals surface area contributed by atoms with E-state index in [1.54, 1.807) is 0 Å². The van der Waals surface area contributed by atoms with Gasteiger partial charge in [0.2, 0.25) is 0 Å². The molecule has 0 saturated carbocycles. The average Bonchev–Trinajstić information content (AvgIpc) is 2.03. The highest BCUT2D eigenvalue weighted by atomic mass is 15.3. The van der Waals surface area contributed by atoms with Crippen molar-refractivity contribution < 1.29 is 0 Å². The summed E-state index contributed by atoms with van der Waals surface area (Å²) in [5.74, 6) is 1.10. The summed E-state index contributed by atoms with van der Waals surface area (Å²) in [5, 5.41) is 0. The Hall–Kier alpha value is -0.790. The van der Waals surface area contributed by atoms with E-state index in [4.69, 9.17) is 0 Å². The predicted octanol–water partition coefficient (Wildman–Crippen LogP) is 2.03. The minimum atomic E-state index is -0.0203.